The molecule has 1 unspecified atom stereocenters. The molecule has 0 aromatic heterocycles. The fourth-order valence-corrected chi connectivity index (χ4v) is 2.34. The van der Waals surface area contributed by atoms with E-state index in [0.717, 1.165) is 30.6 Å². The van der Waals surface area contributed by atoms with Crippen molar-refractivity contribution >= 4 is 0 Å². The van der Waals surface area contributed by atoms with Gasteiger partial charge in [-0.25, -0.2) is 4.39 Å². The summed E-state index contributed by atoms with van der Waals surface area (Å²) in [7, 11) is 0. The van der Waals surface area contributed by atoms with Crippen molar-refractivity contribution in [1.29, 1.82) is 0 Å². The third-order valence-corrected chi connectivity index (χ3v) is 3.54. The van der Waals surface area contributed by atoms with E-state index in [1.165, 1.54) is 12.1 Å². The molecule has 2 N–H and O–H groups in total. The van der Waals surface area contributed by atoms with Crippen molar-refractivity contribution in [2.75, 3.05) is 13.2 Å². The number of benzene rings is 2. The van der Waals surface area contributed by atoms with Gasteiger partial charge in [0.05, 0.1) is 6.61 Å². The molecule has 0 aliphatic carbocycles. The summed E-state index contributed by atoms with van der Waals surface area (Å²) in [6.45, 7) is 1.34. The highest BCUT2D eigenvalue weighted by molar-refractivity contribution is 5.20. The van der Waals surface area contributed by atoms with Crippen molar-refractivity contribution in [3.63, 3.8) is 0 Å². The highest BCUT2D eigenvalue weighted by Crippen LogP contribution is 2.15. The summed E-state index contributed by atoms with van der Waals surface area (Å²) in [6, 6.07) is 16.5. The van der Waals surface area contributed by atoms with Crippen LogP contribution < -0.4 is 10.5 Å². The second-order valence-corrected chi connectivity index (χ2v) is 5.24. The number of hydrogen-bond donors (Lipinski definition) is 1. The zero-order valence-electron chi connectivity index (χ0n) is 12.2. The van der Waals surface area contributed by atoms with Gasteiger partial charge in [0.2, 0.25) is 0 Å². The van der Waals surface area contributed by atoms with Crippen LogP contribution in [0.3, 0.4) is 0 Å². The molecule has 112 valence electrons. The van der Waals surface area contributed by atoms with Crippen LogP contribution in [0.1, 0.15) is 18.4 Å². The predicted octanol–water partition coefficient (Wildman–Crippen LogP) is 3.80. The maximum atomic E-state index is 12.9. The molecule has 2 rings (SSSR count). The second kappa shape index (κ2) is 8.42. The number of hydrogen-bond acceptors (Lipinski definition) is 2. The van der Waals surface area contributed by atoms with E-state index in [0.29, 0.717) is 19.1 Å². The van der Waals surface area contributed by atoms with E-state index in [1.54, 1.807) is 0 Å². The Morgan fingerprint density at radius 2 is 1.71 bits per heavy atom. The van der Waals surface area contributed by atoms with E-state index in [2.05, 4.69) is 0 Å². The van der Waals surface area contributed by atoms with E-state index in [-0.39, 0.29) is 5.82 Å². The summed E-state index contributed by atoms with van der Waals surface area (Å²) in [5.74, 6) is 1.12. The van der Waals surface area contributed by atoms with Crippen LogP contribution in [0.15, 0.2) is 54.6 Å². The van der Waals surface area contributed by atoms with Gasteiger partial charge in [0.15, 0.2) is 0 Å². The normalized spacial score (nSPS) is 12.1. The monoisotopic (exact) mass is 287 g/mol. The van der Waals surface area contributed by atoms with E-state index in [4.69, 9.17) is 10.5 Å². The van der Waals surface area contributed by atoms with Gasteiger partial charge in [-0.3, -0.25) is 0 Å². The Kier molecular flexibility index (Phi) is 6.22. The fourth-order valence-electron chi connectivity index (χ4n) is 2.34. The Morgan fingerprint density at radius 3 is 2.38 bits per heavy atom. The first-order valence-electron chi connectivity index (χ1n) is 7.40. The molecule has 0 fully saturated rings. The van der Waals surface area contributed by atoms with Crippen LogP contribution in [0.5, 0.6) is 5.75 Å². The lowest BCUT2D eigenvalue weighted by Gasteiger charge is -2.15. The Bertz CT molecular complexity index is 513. The second-order valence-electron chi connectivity index (χ2n) is 5.24. The SMILES string of the molecule is NCC(CCCOc1ccccc1)Cc1ccc(F)cc1. The number of para-hydroxylation sites is 1. The molecule has 0 spiro atoms. The van der Waals surface area contributed by atoms with E-state index >= 15 is 0 Å². The lowest BCUT2D eigenvalue weighted by Crippen LogP contribution is -2.17. The minimum Gasteiger partial charge on any atom is -0.494 e. The minimum atomic E-state index is -0.195. The van der Waals surface area contributed by atoms with Crippen molar-refractivity contribution in [2.45, 2.75) is 19.3 Å². The first kappa shape index (κ1) is 15.5. The summed E-state index contributed by atoms with van der Waals surface area (Å²) in [6.07, 6.45) is 2.88. The van der Waals surface area contributed by atoms with Gasteiger partial charge in [0.1, 0.15) is 11.6 Å². The minimum absolute atomic E-state index is 0.195. The smallest absolute Gasteiger partial charge is 0.123 e. The van der Waals surface area contributed by atoms with Crippen LogP contribution >= 0.6 is 0 Å². The topological polar surface area (TPSA) is 35.2 Å². The highest BCUT2D eigenvalue weighted by atomic mass is 19.1. The lowest BCUT2D eigenvalue weighted by molar-refractivity contribution is 0.292. The molecule has 0 saturated carbocycles. The summed E-state index contributed by atoms with van der Waals surface area (Å²) < 4.78 is 18.6. The van der Waals surface area contributed by atoms with Crippen molar-refractivity contribution in [3.05, 3.63) is 66.0 Å². The van der Waals surface area contributed by atoms with Gasteiger partial charge in [0.25, 0.3) is 0 Å². The van der Waals surface area contributed by atoms with E-state index in [1.807, 2.05) is 42.5 Å². The molecule has 0 heterocycles. The lowest BCUT2D eigenvalue weighted by atomic mass is 9.95. The van der Waals surface area contributed by atoms with Crippen LogP contribution in [-0.2, 0) is 6.42 Å². The maximum Gasteiger partial charge on any atom is 0.123 e. The molecular formula is C18H22FNO. The van der Waals surface area contributed by atoms with Crippen LogP contribution in [0.25, 0.3) is 0 Å². The molecule has 0 bridgehead atoms. The summed E-state index contributed by atoms with van der Waals surface area (Å²) in [5.41, 5.74) is 6.96. The van der Waals surface area contributed by atoms with Gasteiger partial charge >= 0.3 is 0 Å². The fraction of sp³-hybridized carbons (Fsp3) is 0.333. The van der Waals surface area contributed by atoms with Crippen molar-refractivity contribution < 1.29 is 9.13 Å². The quantitative estimate of drug-likeness (QED) is 0.749. The van der Waals surface area contributed by atoms with Crippen LogP contribution in [0.4, 0.5) is 4.39 Å². The zero-order chi connectivity index (χ0) is 14.9. The summed E-state index contributed by atoms with van der Waals surface area (Å²) >= 11 is 0. The molecule has 2 aromatic rings. The maximum absolute atomic E-state index is 12.9. The molecule has 2 nitrogen and oxygen atoms in total. The van der Waals surface area contributed by atoms with Crippen molar-refractivity contribution in [3.8, 4) is 5.75 Å². The molecule has 3 heteroatoms. The number of nitrogens with two attached hydrogens (primary N) is 1. The Hall–Kier alpha value is -1.87. The summed E-state index contributed by atoms with van der Waals surface area (Å²) in [4.78, 5) is 0. The summed E-state index contributed by atoms with van der Waals surface area (Å²) in [5, 5.41) is 0. The van der Waals surface area contributed by atoms with Crippen molar-refractivity contribution in [1.82, 2.24) is 0 Å². The van der Waals surface area contributed by atoms with Crippen LogP contribution in [0.2, 0.25) is 0 Å². The third-order valence-electron chi connectivity index (χ3n) is 3.54. The third kappa shape index (κ3) is 5.56. The number of ether oxygens (including phenoxy) is 1. The van der Waals surface area contributed by atoms with E-state index < -0.39 is 0 Å². The van der Waals surface area contributed by atoms with Gasteiger partial charge in [0, 0.05) is 0 Å². The predicted molar refractivity (Wildman–Crippen MR) is 83.8 cm³/mol. The van der Waals surface area contributed by atoms with E-state index in [9.17, 15) is 4.39 Å². The van der Waals surface area contributed by atoms with Gasteiger partial charge in [-0.15, -0.1) is 0 Å². The average Bonchev–Trinajstić information content (AvgIpc) is 2.53. The number of rotatable bonds is 8. The first-order valence-corrected chi connectivity index (χ1v) is 7.40. The van der Waals surface area contributed by atoms with Crippen molar-refractivity contribution in [2.24, 2.45) is 11.7 Å². The Labute approximate surface area is 125 Å². The number of halogens is 1. The average molecular weight is 287 g/mol. The van der Waals surface area contributed by atoms with Gasteiger partial charge in [-0.2, -0.15) is 0 Å². The molecule has 1 atom stereocenters. The van der Waals surface area contributed by atoms with Gasteiger partial charge in [-0.05, 0) is 61.6 Å². The molecule has 2 aromatic carbocycles. The Balaban J connectivity index is 1.71. The largest absolute Gasteiger partial charge is 0.494 e. The zero-order valence-corrected chi connectivity index (χ0v) is 12.2. The molecule has 0 radical (unpaired) electrons. The van der Waals surface area contributed by atoms with Crippen LogP contribution in [0, 0.1) is 11.7 Å². The molecule has 0 amide bonds. The van der Waals surface area contributed by atoms with Gasteiger partial charge in [-0.1, -0.05) is 30.3 Å². The molecule has 0 saturated heterocycles. The first-order chi connectivity index (χ1) is 10.3. The molecular weight excluding hydrogens is 265 g/mol. The Morgan fingerprint density at radius 1 is 1.00 bits per heavy atom. The van der Waals surface area contributed by atoms with Crippen LogP contribution in [-0.4, -0.2) is 13.2 Å². The molecule has 0 aliphatic rings. The standard InChI is InChI=1S/C18H22FNO/c19-17-10-8-15(9-11-17)13-16(14-20)5-4-12-21-18-6-2-1-3-7-18/h1-3,6-11,16H,4-5,12-14,20H2. The van der Waals surface area contributed by atoms with Gasteiger partial charge < -0.3 is 10.5 Å². The molecule has 21 heavy (non-hydrogen) atoms. The highest BCUT2D eigenvalue weighted by Gasteiger charge is 2.08. The molecule has 0 aliphatic heterocycles.